The maximum atomic E-state index is 10.0. The molecule has 0 radical (unpaired) electrons. The molecule has 3 rings (SSSR count). The van der Waals surface area contributed by atoms with Crippen molar-refractivity contribution in [3.8, 4) is 5.75 Å². The van der Waals surface area contributed by atoms with Gasteiger partial charge in [-0.25, -0.2) is 4.98 Å². The lowest BCUT2D eigenvalue weighted by atomic mass is 9.74. The smallest absolute Gasteiger partial charge is 0.118 e. The van der Waals surface area contributed by atoms with E-state index in [1.54, 1.807) is 18.4 Å². The van der Waals surface area contributed by atoms with Crippen LogP contribution in [0.3, 0.4) is 0 Å². The topological polar surface area (TPSA) is 45.6 Å². The summed E-state index contributed by atoms with van der Waals surface area (Å²) in [4.78, 5) is 8.15. The van der Waals surface area contributed by atoms with Gasteiger partial charge in [0.2, 0.25) is 0 Å². The van der Waals surface area contributed by atoms with Crippen LogP contribution in [0.2, 0.25) is 0 Å². The van der Waals surface area contributed by atoms with E-state index in [2.05, 4.69) is 28.9 Å². The van der Waals surface area contributed by atoms with Crippen molar-refractivity contribution in [3.63, 3.8) is 0 Å². The van der Waals surface area contributed by atoms with Gasteiger partial charge in [0.15, 0.2) is 0 Å². The first-order valence-electron chi connectivity index (χ1n) is 8.50. The second kappa shape index (κ2) is 7.64. The molecule has 24 heavy (non-hydrogen) atoms. The summed E-state index contributed by atoms with van der Waals surface area (Å²) in [5.41, 5.74) is 1.28. The van der Waals surface area contributed by atoms with E-state index in [0.717, 1.165) is 49.7 Å². The molecule has 1 aromatic heterocycles. The van der Waals surface area contributed by atoms with Crippen molar-refractivity contribution < 1.29 is 9.84 Å². The van der Waals surface area contributed by atoms with Crippen molar-refractivity contribution in [2.45, 2.75) is 32.7 Å². The SMILES string of the molecule is COc1ccc(CC2(CO)CCN(Cc3cnc(C)s3)CC2)cc1. The molecule has 0 bridgehead atoms. The maximum Gasteiger partial charge on any atom is 0.118 e. The predicted molar refractivity (Wildman–Crippen MR) is 97.6 cm³/mol. The van der Waals surface area contributed by atoms with Gasteiger partial charge in [-0.3, -0.25) is 4.90 Å². The molecular formula is C19H26N2O2S. The fourth-order valence-electron chi connectivity index (χ4n) is 3.45. The van der Waals surface area contributed by atoms with Crippen LogP contribution in [0.25, 0.3) is 0 Å². The summed E-state index contributed by atoms with van der Waals surface area (Å²) >= 11 is 1.78. The molecule has 1 N–H and O–H groups in total. The molecule has 0 aliphatic carbocycles. The first-order valence-corrected chi connectivity index (χ1v) is 9.32. The molecule has 0 spiro atoms. The van der Waals surface area contributed by atoms with Gasteiger partial charge in [-0.05, 0) is 62.4 Å². The fourth-order valence-corrected chi connectivity index (χ4v) is 4.29. The number of aromatic nitrogens is 1. The highest BCUT2D eigenvalue weighted by Crippen LogP contribution is 2.35. The Morgan fingerprint density at radius 3 is 2.50 bits per heavy atom. The highest BCUT2D eigenvalue weighted by molar-refractivity contribution is 7.11. The number of aryl methyl sites for hydroxylation is 1. The zero-order chi connectivity index (χ0) is 17.0. The number of hydrogen-bond donors (Lipinski definition) is 1. The van der Waals surface area contributed by atoms with E-state index in [0.29, 0.717) is 0 Å². The Morgan fingerprint density at radius 2 is 1.96 bits per heavy atom. The molecule has 1 saturated heterocycles. The zero-order valence-corrected chi connectivity index (χ0v) is 15.3. The van der Waals surface area contributed by atoms with Crippen LogP contribution in [0.1, 0.15) is 28.3 Å². The average Bonchev–Trinajstić information content (AvgIpc) is 3.02. The molecule has 2 aromatic rings. The summed E-state index contributed by atoms with van der Waals surface area (Å²) in [6.45, 7) is 5.36. The van der Waals surface area contributed by atoms with Gasteiger partial charge >= 0.3 is 0 Å². The Labute approximate surface area is 148 Å². The van der Waals surface area contributed by atoms with Crippen LogP contribution in [0.15, 0.2) is 30.5 Å². The summed E-state index contributed by atoms with van der Waals surface area (Å²) in [5.74, 6) is 0.881. The third kappa shape index (κ3) is 4.15. The van der Waals surface area contributed by atoms with E-state index >= 15 is 0 Å². The van der Waals surface area contributed by atoms with Crippen LogP contribution in [0.4, 0.5) is 0 Å². The third-order valence-corrected chi connectivity index (χ3v) is 5.94. The van der Waals surface area contributed by atoms with E-state index in [-0.39, 0.29) is 12.0 Å². The first-order chi connectivity index (χ1) is 11.6. The average molecular weight is 346 g/mol. The number of rotatable bonds is 6. The molecule has 0 amide bonds. The summed E-state index contributed by atoms with van der Waals surface area (Å²) < 4.78 is 5.22. The van der Waals surface area contributed by atoms with Gasteiger partial charge in [0.1, 0.15) is 5.75 Å². The van der Waals surface area contributed by atoms with Crippen molar-refractivity contribution in [2.24, 2.45) is 5.41 Å². The standard InChI is InChI=1S/C19H26N2O2S/c1-15-20-12-18(24-15)13-21-9-7-19(14-22,8-10-21)11-16-3-5-17(23-2)6-4-16/h3-6,12,22H,7-11,13-14H2,1-2H3. The number of benzene rings is 1. The Kier molecular flexibility index (Phi) is 5.54. The summed E-state index contributed by atoms with van der Waals surface area (Å²) in [5, 5.41) is 11.2. The molecule has 130 valence electrons. The molecule has 2 heterocycles. The molecule has 1 fully saturated rings. The number of thiazole rings is 1. The van der Waals surface area contributed by atoms with Crippen LogP contribution < -0.4 is 4.74 Å². The van der Waals surface area contributed by atoms with Crippen LogP contribution in [0, 0.1) is 12.3 Å². The summed E-state index contributed by atoms with van der Waals surface area (Å²) in [6, 6.07) is 8.23. The van der Waals surface area contributed by atoms with Gasteiger partial charge < -0.3 is 9.84 Å². The van der Waals surface area contributed by atoms with Gasteiger partial charge in [-0.1, -0.05) is 12.1 Å². The van der Waals surface area contributed by atoms with Crippen LogP contribution in [-0.2, 0) is 13.0 Å². The minimum absolute atomic E-state index is 0.00864. The van der Waals surface area contributed by atoms with Crippen LogP contribution in [-0.4, -0.2) is 41.8 Å². The highest BCUT2D eigenvalue weighted by Gasteiger charge is 2.34. The zero-order valence-electron chi connectivity index (χ0n) is 14.5. The molecule has 1 aliphatic rings. The van der Waals surface area contributed by atoms with E-state index in [1.165, 1.54) is 10.4 Å². The predicted octanol–water partition coefficient (Wildman–Crippen LogP) is 3.28. The molecule has 1 aromatic carbocycles. The second-order valence-electron chi connectivity index (χ2n) is 6.80. The molecule has 1 aliphatic heterocycles. The van der Waals surface area contributed by atoms with Crippen molar-refractivity contribution in [1.29, 1.82) is 0 Å². The lowest BCUT2D eigenvalue weighted by molar-refractivity contribution is 0.0417. The van der Waals surface area contributed by atoms with E-state index < -0.39 is 0 Å². The minimum atomic E-state index is 0.00864. The van der Waals surface area contributed by atoms with E-state index in [1.807, 2.05) is 18.3 Å². The van der Waals surface area contributed by atoms with E-state index in [4.69, 9.17) is 4.74 Å². The van der Waals surface area contributed by atoms with Crippen molar-refractivity contribution >= 4 is 11.3 Å². The van der Waals surface area contributed by atoms with Crippen molar-refractivity contribution in [2.75, 3.05) is 26.8 Å². The summed E-state index contributed by atoms with van der Waals surface area (Å²) in [6.07, 6.45) is 4.99. The van der Waals surface area contributed by atoms with Gasteiger partial charge in [0.25, 0.3) is 0 Å². The van der Waals surface area contributed by atoms with Crippen molar-refractivity contribution in [3.05, 3.63) is 45.9 Å². The lowest BCUT2D eigenvalue weighted by Gasteiger charge is -2.40. The van der Waals surface area contributed by atoms with Gasteiger partial charge in [-0.15, -0.1) is 11.3 Å². The minimum Gasteiger partial charge on any atom is -0.497 e. The quantitative estimate of drug-likeness (QED) is 0.872. The van der Waals surface area contributed by atoms with Crippen molar-refractivity contribution in [1.82, 2.24) is 9.88 Å². The number of methoxy groups -OCH3 is 1. The largest absolute Gasteiger partial charge is 0.497 e. The number of aliphatic hydroxyl groups is 1. The first kappa shape index (κ1) is 17.4. The monoisotopic (exact) mass is 346 g/mol. The molecule has 5 heteroatoms. The number of aliphatic hydroxyl groups excluding tert-OH is 1. The van der Waals surface area contributed by atoms with E-state index in [9.17, 15) is 5.11 Å². The Bertz CT molecular complexity index is 646. The molecular weight excluding hydrogens is 320 g/mol. The molecule has 0 atom stereocenters. The number of nitrogens with zero attached hydrogens (tertiary/aromatic N) is 2. The number of ether oxygens (including phenoxy) is 1. The molecule has 0 unspecified atom stereocenters. The molecule has 0 saturated carbocycles. The summed E-state index contributed by atoms with van der Waals surface area (Å²) in [7, 11) is 1.69. The van der Waals surface area contributed by atoms with Crippen LogP contribution in [0.5, 0.6) is 5.75 Å². The Hall–Kier alpha value is -1.43. The number of likely N-dealkylation sites (tertiary alicyclic amines) is 1. The second-order valence-corrected chi connectivity index (χ2v) is 8.12. The maximum absolute atomic E-state index is 10.0. The highest BCUT2D eigenvalue weighted by atomic mass is 32.1. The third-order valence-electron chi connectivity index (χ3n) is 5.04. The normalized spacial score (nSPS) is 17.8. The number of piperidine rings is 1. The van der Waals surface area contributed by atoms with Gasteiger partial charge in [0, 0.05) is 24.2 Å². The fraction of sp³-hybridized carbons (Fsp3) is 0.526. The Morgan fingerprint density at radius 1 is 1.25 bits per heavy atom. The number of hydrogen-bond acceptors (Lipinski definition) is 5. The lowest BCUT2D eigenvalue weighted by Crippen LogP contribution is -2.42. The Balaban J connectivity index is 1.58. The molecule has 4 nitrogen and oxygen atoms in total. The van der Waals surface area contributed by atoms with Crippen LogP contribution >= 0.6 is 11.3 Å². The van der Waals surface area contributed by atoms with Gasteiger partial charge in [-0.2, -0.15) is 0 Å². The van der Waals surface area contributed by atoms with Gasteiger partial charge in [0.05, 0.1) is 12.1 Å².